The molecule has 4 rings (SSSR count). The fourth-order valence-electron chi connectivity index (χ4n) is 3.66. The van der Waals surface area contributed by atoms with Gasteiger partial charge in [0.15, 0.2) is 0 Å². The number of aromatic nitrogens is 2. The van der Waals surface area contributed by atoms with Crippen molar-refractivity contribution < 1.29 is 4.79 Å². The number of rotatable bonds is 4. The molecule has 0 bridgehead atoms. The fourth-order valence-corrected chi connectivity index (χ4v) is 3.66. The molecule has 1 fully saturated rings. The predicted molar refractivity (Wildman–Crippen MR) is 107 cm³/mol. The molecular formula is C22H24N4O. The Kier molecular flexibility index (Phi) is 5.19. The number of para-hydroxylation sites is 1. The number of hydrogen-bond donors (Lipinski definition) is 1. The van der Waals surface area contributed by atoms with E-state index in [0.29, 0.717) is 5.92 Å². The molecule has 2 aromatic carbocycles. The van der Waals surface area contributed by atoms with Crippen LogP contribution in [-0.2, 0) is 6.54 Å². The summed E-state index contributed by atoms with van der Waals surface area (Å²) in [5.41, 5.74) is 2.11. The molecule has 0 spiro atoms. The first kappa shape index (κ1) is 17.3. The molecule has 3 aromatic rings. The van der Waals surface area contributed by atoms with Crippen molar-refractivity contribution in [2.45, 2.75) is 25.3 Å². The summed E-state index contributed by atoms with van der Waals surface area (Å²) in [4.78, 5) is 19.0. The first-order valence-corrected chi connectivity index (χ1v) is 9.45. The van der Waals surface area contributed by atoms with Gasteiger partial charge in [-0.05, 0) is 30.5 Å². The molecule has 2 amide bonds. The maximum atomic E-state index is 12.5. The van der Waals surface area contributed by atoms with Gasteiger partial charge in [0.05, 0.1) is 0 Å². The van der Waals surface area contributed by atoms with E-state index in [-0.39, 0.29) is 6.03 Å². The summed E-state index contributed by atoms with van der Waals surface area (Å²) >= 11 is 0. The lowest BCUT2D eigenvalue weighted by molar-refractivity contribution is 0.193. The Hall–Kier alpha value is -3.08. The molecule has 138 valence electrons. The van der Waals surface area contributed by atoms with Crippen LogP contribution in [0.5, 0.6) is 0 Å². The van der Waals surface area contributed by atoms with Crippen molar-refractivity contribution >= 4 is 11.7 Å². The van der Waals surface area contributed by atoms with Gasteiger partial charge in [0.1, 0.15) is 5.82 Å². The summed E-state index contributed by atoms with van der Waals surface area (Å²) in [6.07, 6.45) is 5.81. The smallest absolute Gasteiger partial charge is 0.321 e. The van der Waals surface area contributed by atoms with Gasteiger partial charge < -0.3 is 14.8 Å². The van der Waals surface area contributed by atoms with Gasteiger partial charge in [0.25, 0.3) is 0 Å². The van der Waals surface area contributed by atoms with Crippen LogP contribution in [0.3, 0.4) is 0 Å². The Morgan fingerprint density at radius 3 is 2.37 bits per heavy atom. The molecule has 0 radical (unpaired) electrons. The normalized spacial score (nSPS) is 14.9. The Bertz CT molecular complexity index is 868. The fraction of sp³-hybridized carbons (Fsp3) is 0.273. The van der Waals surface area contributed by atoms with Gasteiger partial charge in [-0.25, -0.2) is 9.78 Å². The maximum Gasteiger partial charge on any atom is 0.321 e. The third kappa shape index (κ3) is 4.19. The highest BCUT2D eigenvalue weighted by Gasteiger charge is 2.26. The quantitative estimate of drug-likeness (QED) is 0.752. The summed E-state index contributed by atoms with van der Waals surface area (Å²) in [6, 6.07) is 20.0. The van der Waals surface area contributed by atoms with Crippen molar-refractivity contribution in [2.24, 2.45) is 0 Å². The molecule has 5 heteroatoms. The van der Waals surface area contributed by atoms with Gasteiger partial charge in [-0.1, -0.05) is 48.5 Å². The number of piperidine rings is 1. The zero-order valence-electron chi connectivity index (χ0n) is 15.3. The van der Waals surface area contributed by atoms with E-state index in [1.807, 2.05) is 47.5 Å². The zero-order chi connectivity index (χ0) is 18.5. The average Bonchev–Trinajstić information content (AvgIpc) is 3.18. The minimum absolute atomic E-state index is 0.0210. The number of benzene rings is 2. The zero-order valence-corrected chi connectivity index (χ0v) is 15.3. The molecule has 1 aliphatic heterocycles. The van der Waals surface area contributed by atoms with Gasteiger partial charge >= 0.3 is 6.03 Å². The minimum atomic E-state index is -0.0210. The van der Waals surface area contributed by atoms with Gasteiger partial charge in [-0.15, -0.1) is 0 Å². The van der Waals surface area contributed by atoms with Gasteiger partial charge in [0, 0.05) is 43.6 Å². The maximum absolute atomic E-state index is 12.5. The number of carbonyl (C=O) groups excluding carboxylic acids is 1. The number of imidazole rings is 1. The number of urea groups is 1. The number of nitrogens with one attached hydrogen (secondary N) is 1. The lowest BCUT2D eigenvalue weighted by Gasteiger charge is -2.32. The van der Waals surface area contributed by atoms with E-state index in [4.69, 9.17) is 0 Å². The highest BCUT2D eigenvalue weighted by Crippen LogP contribution is 2.27. The van der Waals surface area contributed by atoms with Crippen LogP contribution in [0.25, 0.3) is 0 Å². The van der Waals surface area contributed by atoms with E-state index in [1.54, 1.807) is 0 Å². The van der Waals surface area contributed by atoms with Crippen molar-refractivity contribution in [3.8, 4) is 0 Å². The first-order valence-electron chi connectivity index (χ1n) is 9.45. The standard InChI is InChI=1S/C22H24N4O/c27-22(24-20-9-5-2-6-10-20)25-14-11-19(12-15-25)21-23-13-16-26(21)17-18-7-3-1-4-8-18/h1-10,13,16,19H,11-12,14-15,17H2,(H,24,27). The van der Waals surface area contributed by atoms with Crippen molar-refractivity contribution in [2.75, 3.05) is 18.4 Å². The number of hydrogen-bond acceptors (Lipinski definition) is 2. The van der Waals surface area contributed by atoms with Gasteiger partial charge in [-0.3, -0.25) is 0 Å². The van der Waals surface area contributed by atoms with E-state index in [0.717, 1.165) is 44.0 Å². The van der Waals surface area contributed by atoms with Crippen LogP contribution in [-0.4, -0.2) is 33.6 Å². The van der Waals surface area contributed by atoms with Crippen molar-refractivity contribution in [3.05, 3.63) is 84.4 Å². The van der Waals surface area contributed by atoms with Crippen LogP contribution >= 0.6 is 0 Å². The molecule has 5 nitrogen and oxygen atoms in total. The van der Waals surface area contributed by atoms with Crippen LogP contribution in [0.2, 0.25) is 0 Å². The number of likely N-dealkylation sites (tertiary alicyclic amines) is 1. The Balaban J connectivity index is 1.36. The van der Waals surface area contributed by atoms with Crippen LogP contribution in [0.1, 0.15) is 30.1 Å². The van der Waals surface area contributed by atoms with E-state index < -0.39 is 0 Å². The third-order valence-corrected chi connectivity index (χ3v) is 5.12. The SMILES string of the molecule is O=C(Nc1ccccc1)N1CCC(c2nccn2Cc2ccccc2)CC1. The van der Waals surface area contributed by atoms with Gasteiger partial charge in [-0.2, -0.15) is 0 Å². The minimum Gasteiger partial charge on any atom is -0.330 e. The monoisotopic (exact) mass is 360 g/mol. The molecule has 1 aromatic heterocycles. The first-order chi connectivity index (χ1) is 13.3. The predicted octanol–water partition coefficient (Wildman–Crippen LogP) is 4.34. The lowest BCUT2D eigenvalue weighted by atomic mass is 9.96. The van der Waals surface area contributed by atoms with Crippen molar-refractivity contribution in [3.63, 3.8) is 0 Å². The highest BCUT2D eigenvalue weighted by atomic mass is 16.2. The summed E-state index contributed by atoms with van der Waals surface area (Å²) in [5.74, 6) is 1.52. The number of carbonyl (C=O) groups is 1. The summed E-state index contributed by atoms with van der Waals surface area (Å²) in [7, 11) is 0. The van der Waals surface area contributed by atoms with Crippen LogP contribution in [0.4, 0.5) is 10.5 Å². The van der Waals surface area contributed by atoms with E-state index in [1.165, 1.54) is 5.56 Å². The molecule has 1 N–H and O–H groups in total. The molecule has 0 atom stereocenters. The van der Waals surface area contributed by atoms with E-state index in [9.17, 15) is 4.79 Å². The molecule has 1 aliphatic rings. The van der Waals surface area contributed by atoms with Crippen LogP contribution in [0, 0.1) is 0 Å². The molecule has 0 unspecified atom stereocenters. The third-order valence-electron chi connectivity index (χ3n) is 5.12. The second kappa shape index (κ2) is 8.08. The molecular weight excluding hydrogens is 336 g/mol. The lowest BCUT2D eigenvalue weighted by Crippen LogP contribution is -2.40. The molecule has 1 saturated heterocycles. The Morgan fingerprint density at radius 1 is 1.00 bits per heavy atom. The van der Waals surface area contributed by atoms with Crippen LogP contribution in [0.15, 0.2) is 73.1 Å². The second-order valence-corrected chi connectivity index (χ2v) is 6.96. The number of nitrogens with zero attached hydrogens (tertiary/aromatic N) is 3. The number of anilines is 1. The van der Waals surface area contributed by atoms with Crippen LogP contribution < -0.4 is 5.32 Å². The molecule has 27 heavy (non-hydrogen) atoms. The Morgan fingerprint density at radius 2 is 1.67 bits per heavy atom. The van der Waals surface area contributed by atoms with E-state index in [2.05, 4.69) is 45.3 Å². The number of amides is 2. The highest BCUT2D eigenvalue weighted by molar-refractivity contribution is 5.89. The van der Waals surface area contributed by atoms with Crippen molar-refractivity contribution in [1.29, 1.82) is 0 Å². The van der Waals surface area contributed by atoms with Gasteiger partial charge in [0.2, 0.25) is 0 Å². The molecule has 2 heterocycles. The topological polar surface area (TPSA) is 50.2 Å². The molecule has 0 aliphatic carbocycles. The van der Waals surface area contributed by atoms with Crippen molar-refractivity contribution in [1.82, 2.24) is 14.5 Å². The Labute approximate surface area is 159 Å². The largest absolute Gasteiger partial charge is 0.330 e. The summed E-state index contributed by atoms with van der Waals surface area (Å²) < 4.78 is 2.24. The van der Waals surface area contributed by atoms with E-state index >= 15 is 0 Å². The summed E-state index contributed by atoms with van der Waals surface area (Å²) in [5, 5.41) is 2.97. The average molecular weight is 360 g/mol. The molecule has 0 saturated carbocycles. The summed E-state index contributed by atoms with van der Waals surface area (Å²) in [6.45, 7) is 2.34. The second-order valence-electron chi connectivity index (χ2n) is 6.96.